The van der Waals surface area contributed by atoms with Gasteiger partial charge in [-0.1, -0.05) is 6.92 Å². The molecule has 0 aliphatic rings. The van der Waals surface area contributed by atoms with Gasteiger partial charge in [0.15, 0.2) is 0 Å². The van der Waals surface area contributed by atoms with E-state index in [1.165, 1.54) is 0 Å². The Hall–Kier alpha value is -0.200. The minimum Gasteiger partial charge on any atom is -0.384 e. The van der Waals surface area contributed by atoms with Crippen LogP contribution in [0.4, 0.5) is 0 Å². The quantitative estimate of drug-likeness (QED) is 0.590. The standard InChI is InChI=1S/C13H30N2O3/c1-11(9-17-4)13(8-14)15(6-7-16-3)12(2)10-18-5/h11-13H,6-10,14H2,1-5H3. The van der Waals surface area contributed by atoms with Gasteiger partial charge in [0, 0.05) is 46.5 Å². The Morgan fingerprint density at radius 1 is 1.00 bits per heavy atom. The largest absolute Gasteiger partial charge is 0.384 e. The molecule has 0 spiro atoms. The van der Waals surface area contributed by atoms with Crippen LogP contribution in [0.2, 0.25) is 0 Å². The van der Waals surface area contributed by atoms with Crippen molar-refractivity contribution in [3.63, 3.8) is 0 Å². The molecular weight excluding hydrogens is 232 g/mol. The molecule has 0 amide bonds. The summed E-state index contributed by atoms with van der Waals surface area (Å²) in [6.07, 6.45) is 0. The number of hydrogen-bond acceptors (Lipinski definition) is 5. The van der Waals surface area contributed by atoms with Gasteiger partial charge < -0.3 is 19.9 Å². The van der Waals surface area contributed by atoms with Crippen molar-refractivity contribution in [2.24, 2.45) is 11.7 Å². The molecular formula is C13H30N2O3. The van der Waals surface area contributed by atoms with Gasteiger partial charge in [-0.2, -0.15) is 0 Å². The predicted octanol–water partition coefficient (Wildman–Crippen LogP) is 0.580. The molecule has 5 heteroatoms. The van der Waals surface area contributed by atoms with Gasteiger partial charge in [0.25, 0.3) is 0 Å². The summed E-state index contributed by atoms with van der Waals surface area (Å²) in [5.41, 5.74) is 5.93. The molecule has 5 nitrogen and oxygen atoms in total. The van der Waals surface area contributed by atoms with Gasteiger partial charge in [-0.15, -0.1) is 0 Å². The second-order valence-corrected chi connectivity index (χ2v) is 4.77. The maximum Gasteiger partial charge on any atom is 0.0615 e. The minimum atomic E-state index is 0.283. The maximum absolute atomic E-state index is 5.93. The molecule has 2 N–H and O–H groups in total. The summed E-state index contributed by atoms with van der Waals surface area (Å²) in [6, 6.07) is 0.600. The highest BCUT2D eigenvalue weighted by atomic mass is 16.5. The van der Waals surface area contributed by atoms with Crippen molar-refractivity contribution in [2.45, 2.75) is 25.9 Å². The highest BCUT2D eigenvalue weighted by Crippen LogP contribution is 2.14. The molecule has 0 radical (unpaired) electrons. The van der Waals surface area contributed by atoms with Crippen LogP contribution in [0, 0.1) is 5.92 Å². The van der Waals surface area contributed by atoms with E-state index in [1.807, 2.05) is 0 Å². The van der Waals surface area contributed by atoms with E-state index in [4.69, 9.17) is 19.9 Å². The Morgan fingerprint density at radius 3 is 2.06 bits per heavy atom. The Morgan fingerprint density at radius 2 is 1.61 bits per heavy atom. The Labute approximate surface area is 112 Å². The molecule has 110 valence electrons. The third-order valence-electron chi connectivity index (χ3n) is 3.28. The molecule has 0 heterocycles. The van der Waals surface area contributed by atoms with E-state index in [0.717, 1.165) is 6.54 Å². The number of nitrogens with two attached hydrogens (primary N) is 1. The lowest BCUT2D eigenvalue weighted by Gasteiger charge is -2.38. The van der Waals surface area contributed by atoms with Crippen LogP contribution in [0.25, 0.3) is 0 Å². The molecule has 0 aromatic rings. The monoisotopic (exact) mass is 262 g/mol. The van der Waals surface area contributed by atoms with E-state index in [9.17, 15) is 0 Å². The summed E-state index contributed by atoms with van der Waals surface area (Å²) in [5.74, 6) is 0.385. The van der Waals surface area contributed by atoms with Gasteiger partial charge >= 0.3 is 0 Å². The highest BCUT2D eigenvalue weighted by Gasteiger charge is 2.26. The summed E-state index contributed by atoms with van der Waals surface area (Å²) < 4.78 is 15.7. The first-order valence-electron chi connectivity index (χ1n) is 6.54. The maximum atomic E-state index is 5.93. The van der Waals surface area contributed by atoms with Crippen molar-refractivity contribution >= 4 is 0 Å². The van der Waals surface area contributed by atoms with E-state index < -0.39 is 0 Å². The minimum absolute atomic E-state index is 0.283. The lowest BCUT2D eigenvalue weighted by atomic mass is 9.99. The number of nitrogens with zero attached hydrogens (tertiary/aromatic N) is 1. The van der Waals surface area contributed by atoms with Crippen molar-refractivity contribution in [1.29, 1.82) is 0 Å². The van der Waals surface area contributed by atoms with Crippen molar-refractivity contribution in [2.75, 3.05) is 54.2 Å². The summed E-state index contributed by atoms with van der Waals surface area (Å²) in [6.45, 7) is 7.90. The van der Waals surface area contributed by atoms with Gasteiger partial charge in [-0.05, 0) is 12.8 Å². The summed E-state index contributed by atoms with van der Waals surface area (Å²) in [7, 11) is 5.17. The molecule has 18 heavy (non-hydrogen) atoms. The second kappa shape index (κ2) is 10.7. The van der Waals surface area contributed by atoms with Crippen LogP contribution in [-0.4, -0.2) is 71.2 Å². The molecule has 0 rings (SSSR count). The first kappa shape index (κ1) is 17.8. The number of hydrogen-bond donors (Lipinski definition) is 1. The highest BCUT2D eigenvalue weighted by molar-refractivity contribution is 4.81. The van der Waals surface area contributed by atoms with Crippen LogP contribution >= 0.6 is 0 Å². The van der Waals surface area contributed by atoms with Crippen LogP contribution < -0.4 is 5.73 Å². The molecule has 0 aromatic heterocycles. The van der Waals surface area contributed by atoms with Gasteiger partial charge in [-0.25, -0.2) is 0 Å². The van der Waals surface area contributed by atoms with E-state index >= 15 is 0 Å². The first-order valence-corrected chi connectivity index (χ1v) is 6.54. The van der Waals surface area contributed by atoms with E-state index in [-0.39, 0.29) is 6.04 Å². The molecule has 0 bridgehead atoms. The van der Waals surface area contributed by atoms with Gasteiger partial charge in [-0.3, -0.25) is 4.90 Å². The van der Waals surface area contributed by atoms with E-state index in [0.29, 0.717) is 38.3 Å². The molecule has 0 saturated heterocycles. The van der Waals surface area contributed by atoms with Gasteiger partial charge in [0.1, 0.15) is 0 Å². The van der Waals surface area contributed by atoms with Crippen LogP contribution in [0.5, 0.6) is 0 Å². The Kier molecular flexibility index (Phi) is 10.6. The number of rotatable bonds is 11. The van der Waals surface area contributed by atoms with E-state index in [1.54, 1.807) is 21.3 Å². The second-order valence-electron chi connectivity index (χ2n) is 4.77. The predicted molar refractivity (Wildman–Crippen MR) is 73.8 cm³/mol. The fourth-order valence-corrected chi connectivity index (χ4v) is 2.32. The number of methoxy groups -OCH3 is 3. The van der Waals surface area contributed by atoms with Crippen molar-refractivity contribution in [3.05, 3.63) is 0 Å². The van der Waals surface area contributed by atoms with Crippen molar-refractivity contribution < 1.29 is 14.2 Å². The molecule has 3 atom stereocenters. The summed E-state index contributed by atoms with van der Waals surface area (Å²) in [4.78, 5) is 2.36. The molecule has 0 aliphatic heterocycles. The van der Waals surface area contributed by atoms with Crippen LogP contribution in [0.3, 0.4) is 0 Å². The third kappa shape index (κ3) is 6.11. The topological polar surface area (TPSA) is 57.0 Å². The smallest absolute Gasteiger partial charge is 0.0615 e. The van der Waals surface area contributed by atoms with Crippen LogP contribution in [0.15, 0.2) is 0 Å². The van der Waals surface area contributed by atoms with Crippen LogP contribution in [0.1, 0.15) is 13.8 Å². The SMILES string of the molecule is COCCN(C(C)COC)C(CN)C(C)COC. The van der Waals surface area contributed by atoms with E-state index in [2.05, 4.69) is 18.7 Å². The number of ether oxygens (including phenoxy) is 3. The molecule has 3 unspecified atom stereocenters. The Bertz CT molecular complexity index is 193. The lowest BCUT2D eigenvalue weighted by Crippen LogP contribution is -2.52. The lowest BCUT2D eigenvalue weighted by molar-refractivity contribution is 0.0167. The van der Waals surface area contributed by atoms with Crippen molar-refractivity contribution in [1.82, 2.24) is 4.90 Å². The van der Waals surface area contributed by atoms with Crippen LogP contribution in [-0.2, 0) is 14.2 Å². The Balaban J connectivity index is 4.64. The zero-order valence-corrected chi connectivity index (χ0v) is 12.5. The average Bonchev–Trinajstić information content (AvgIpc) is 2.34. The molecule has 0 aliphatic carbocycles. The normalized spacial score (nSPS) is 16.8. The zero-order chi connectivity index (χ0) is 14.0. The molecule has 0 saturated carbocycles. The molecule has 0 aromatic carbocycles. The third-order valence-corrected chi connectivity index (χ3v) is 3.28. The van der Waals surface area contributed by atoms with Gasteiger partial charge in [0.05, 0.1) is 19.8 Å². The molecule has 0 fully saturated rings. The zero-order valence-electron chi connectivity index (χ0n) is 12.5. The summed E-state index contributed by atoms with van der Waals surface area (Å²) >= 11 is 0. The summed E-state index contributed by atoms with van der Waals surface area (Å²) in [5, 5.41) is 0. The van der Waals surface area contributed by atoms with Crippen molar-refractivity contribution in [3.8, 4) is 0 Å². The first-order chi connectivity index (χ1) is 8.62. The fraction of sp³-hybridized carbons (Fsp3) is 1.00. The fourth-order valence-electron chi connectivity index (χ4n) is 2.32. The average molecular weight is 262 g/mol. The van der Waals surface area contributed by atoms with Gasteiger partial charge in [0.2, 0.25) is 0 Å².